The average Bonchev–Trinajstić information content (AvgIpc) is 3.40. The van der Waals surface area contributed by atoms with Crippen LogP contribution >= 0.6 is 11.8 Å². The van der Waals surface area contributed by atoms with Gasteiger partial charge in [0.15, 0.2) is 5.78 Å². The molecular weight excluding hydrogens is 1080 g/mol. The fraction of sp³-hybridized carbons (Fsp3) is 0.769. The van der Waals surface area contributed by atoms with Crippen molar-refractivity contribution in [3.8, 4) is 0 Å². The van der Waals surface area contributed by atoms with Crippen molar-refractivity contribution < 1.29 is 102 Å². The van der Waals surface area contributed by atoms with Crippen molar-refractivity contribution in [1.82, 2.24) is 26.6 Å². The number of carbonyl (C=O) groups is 12. The fourth-order valence-electron chi connectivity index (χ4n) is 7.40. The maximum absolute atomic E-state index is 12.8. The Bertz CT molecular complexity index is 1920. The van der Waals surface area contributed by atoms with E-state index < -0.39 is 78.7 Å². The lowest BCUT2D eigenvalue weighted by molar-refractivity contribution is -0.145. The molecule has 1 rings (SSSR count). The van der Waals surface area contributed by atoms with Crippen LogP contribution in [0.2, 0.25) is 0 Å². The Kier molecular flexibility index (Phi) is 42.8. The van der Waals surface area contributed by atoms with Gasteiger partial charge in [-0.25, -0.2) is 9.59 Å². The minimum atomic E-state index is -1.25. The van der Waals surface area contributed by atoms with Crippen LogP contribution in [0.1, 0.15) is 124 Å². The highest BCUT2D eigenvalue weighted by Gasteiger charge is 2.30. The van der Waals surface area contributed by atoms with Gasteiger partial charge in [-0.15, -0.1) is 0 Å². The van der Waals surface area contributed by atoms with E-state index in [2.05, 4.69) is 26.6 Å². The fourth-order valence-corrected chi connectivity index (χ4v) is 8.51. The molecule has 27 nitrogen and oxygen atoms in total. The number of aliphatic hydroxyl groups is 1. The normalized spacial score (nSPS) is 15.7. The number of hydrogen-bond acceptors (Lipinski definition) is 19. The minimum Gasteiger partial charge on any atom is -0.481 e. The monoisotopic (exact) mass is 1160 g/mol. The number of carbonyl (C=O) groups excluding carboxylic acids is 8. The summed E-state index contributed by atoms with van der Waals surface area (Å²) in [4.78, 5) is 141. The van der Waals surface area contributed by atoms with Gasteiger partial charge in [0.2, 0.25) is 29.5 Å². The molecule has 1 saturated carbocycles. The van der Waals surface area contributed by atoms with Gasteiger partial charge in [0.25, 0.3) is 0 Å². The number of nitrogens with two attached hydrogens (primary N) is 1. The molecule has 458 valence electrons. The van der Waals surface area contributed by atoms with E-state index in [1.807, 2.05) is 0 Å². The van der Waals surface area contributed by atoms with E-state index in [4.69, 9.17) is 40.0 Å². The first kappa shape index (κ1) is 74.3. The standard InChI is InChI=1S/C48H79N5O20S.C4H9NO/c1-2-33(39(56)25-35(27-54)46(64)65)30-74-31-43(60)49-17-4-3-8-37(47(66)67)52-42(59)29-73-24-21-70-19-6-7-36(55)28-72-23-22-71-20-18-50-41(58)16-15-38(48(68)69)53-45(63)34-13-11-32(12-14-34)26-51-40(57)9-5-10-44(61)62;1-3(5)4(2)6/h32-35,37-38,54H,2-31H2,1H3,(H,49,60)(H,50,58)(H,51,57)(H,52,59)(H,53,63)(H,61,62)(H,64,65)(H,66,67)(H,68,69);3H,5H2,1-2H3/t32?,33-,34?,35-,37-,38-;3-/m00/s1. The summed E-state index contributed by atoms with van der Waals surface area (Å²) in [5.41, 5.74) is 5.09. The Hall–Kier alpha value is -5.65. The molecule has 0 aromatic rings. The second kappa shape index (κ2) is 46.0. The third-order valence-electron chi connectivity index (χ3n) is 12.5. The van der Waals surface area contributed by atoms with Crippen molar-refractivity contribution in [2.24, 2.45) is 29.4 Å². The molecule has 0 saturated heterocycles. The van der Waals surface area contributed by atoms with Gasteiger partial charge in [0, 0.05) is 75.9 Å². The van der Waals surface area contributed by atoms with Crippen molar-refractivity contribution in [2.75, 3.05) is 90.6 Å². The number of ketones is 3. The minimum absolute atomic E-state index is 0.0370. The van der Waals surface area contributed by atoms with E-state index in [0.717, 1.165) is 0 Å². The SMILES string of the molecule is CC(=O)[C@H](C)N.CC[C@@H](CSCC(=O)NCCCC[C@H](NC(=O)COCCOCCCC(=O)COCCOCCNC(=O)CC[C@H](NC(=O)C1CCC(CNC(=O)CCCC(=O)O)CC1)C(=O)O)C(=O)O)C(=O)C[C@@H](CO)C(=O)O. The Balaban J connectivity index is 0.00000980. The molecule has 0 spiro atoms. The van der Waals surface area contributed by atoms with Crippen LogP contribution in [-0.2, 0) is 76.5 Å². The Morgan fingerprint density at radius 1 is 0.600 bits per heavy atom. The van der Waals surface area contributed by atoms with Gasteiger partial charge < -0.3 is 76.8 Å². The molecule has 5 amide bonds. The predicted octanol–water partition coefficient (Wildman–Crippen LogP) is 0.236. The highest BCUT2D eigenvalue weighted by Crippen LogP contribution is 2.29. The Morgan fingerprint density at radius 2 is 1.19 bits per heavy atom. The van der Waals surface area contributed by atoms with Crippen molar-refractivity contribution in [2.45, 2.75) is 142 Å². The summed E-state index contributed by atoms with van der Waals surface area (Å²) in [6.45, 7) is 5.48. The Labute approximate surface area is 471 Å². The molecule has 0 aliphatic heterocycles. The number of amides is 5. The van der Waals surface area contributed by atoms with Gasteiger partial charge in [0.1, 0.15) is 36.9 Å². The smallest absolute Gasteiger partial charge is 0.326 e. The topological polar surface area (TPSA) is 429 Å². The quantitative estimate of drug-likeness (QED) is 0.0363. The van der Waals surface area contributed by atoms with E-state index in [0.29, 0.717) is 63.7 Å². The molecule has 80 heavy (non-hydrogen) atoms. The molecule has 1 aliphatic carbocycles. The molecule has 5 atom stereocenters. The van der Waals surface area contributed by atoms with E-state index >= 15 is 0 Å². The van der Waals surface area contributed by atoms with Gasteiger partial charge in [0.05, 0.1) is 57.4 Å². The third kappa shape index (κ3) is 39.7. The Morgan fingerprint density at radius 3 is 1.77 bits per heavy atom. The molecule has 0 radical (unpaired) electrons. The predicted molar refractivity (Wildman–Crippen MR) is 289 cm³/mol. The second-order valence-corrected chi connectivity index (χ2v) is 20.3. The number of nitrogens with one attached hydrogen (secondary N) is 5. The van der Waals surface area contributed by atoms with Crippen molar-refractivity contribution in [1.29, 1.82) is 0 Å². The number of aliphatic hydroxyl groups excluding tert-OH is 1. The van der Waals surface area contributed by atoms with E-state index in [-0.39, 0.29) is 163 Å². The van der Waals surface area contributed by atoms with Crippen LogP contribution in [-0.4, -0.2) is 205 Å². The average molecular weight is 1170 g/mol. The van der Waals surface area contributed by atoms with Crippen LogP contribution < -0.4 is 32.3 Å². The number of unbranched alkanes of at least 4 members (excludes halogenated alkanes) is 1. The summed E-state index contributed by atoms with van der Waals surface area (Å²) in [5, 5.41) is 59.2. The summed E-state index contributed by atoms with van der Waals surface area (Å²) in [6.07, 6.45) is 4.19. The van der Waals surface area contributed by atoms with Crippen LogP contribution in [0.5, 0.6) is 0 Å². The zero-order valence-corrected chi connectivity index (χ0v) is 47.3. The molecular formula is C52H88N6O21S. The lowest BCUT2D eigenvalue weighted by Gasteiger charge is -2.28. The first-order chi connectivity index (χ1) is 38.0. The largest absolute Gasteiger partial charge is 0.481 e. The van der Waals surface area contributed by atoms with Gasteiger partial charge in [-0.3, -0.25) is 47.9 Å². The van der Waals surface area contributed by atoms with Crippen LogP contribution in [0.4, 0.5) is 0 Å². The molecule has 0 aromatic carbocycles. The summed E-state index contributed by atoms with van der Waals surface area (Å²) in [7, 11) is 0. The number of hydrogen-bond donors (Lipinski definition) is 11. The van der Waals surface area contributed by atoms with Crippen LogP contribution in [0.15, 0.2) is 0 Å². The van der Waals surface area contributed by atoms with Gasteiger partial charge >= 0.3 is 23.9 Å². The van der Waals surface area contributed by atoms with E-state index in [1.54, 1.807) is 13.8 Å². The summed E-state index contributed by atoms with van der Waals surface area (Å²) >= 11 is 1.23. The third-order valence-corrected chi connectivity index (χ3v) is 13.6. The van der Waals surface area contributed by atoms with Gasteiger partial charge in [-0.2, -0.15) is 11.8 Å². The number of thioether (sulfide) groups is 1. The highest BCUT2D eigenvalue weighted by molar-refractivity contribution is 7.99. The molecule has 1 fully saturated rings. The maximum Gasteiger partial charge on any atom is 0.326 e. The van der Waals surface area contributed by atoms with Crippen molar-refractivity contribution in [3.05, 3.63) is 0 Å². The first-order valence-electron chi connectivity index (χ1n) is 27.1. The number of ether oxygens (including phenoxy) is 4. The molecule has 1 aliphatic rings. The van der Waals surface area contributed by atoms with E-state index in [1.165, 1.54) is 18.7 Å². The molecule has 0 aromatic heterocycles. The van der Waals surface area contributed by atoms with Crippen LogP contribution in [0.25, 0.3) is 0 Å². The molecule has 0 unspecified atom stereocenters. The van der Waals surface area contributed by atoms with Crippen molar-refractivity contribution in [3.63, 3.8) is 0 Å². The first-order valence-corrected chi connectivity index (χ1v) is 28.3. The lowest BCUT2D eigenvalue weighted by atomic mass is 9.81. The number of aliphatic carboxylic acids is 4. The van der Waals surface area contributed by atoms with Crippen LogP contribution in [0, 0.1) is 23.7 Å². The van der Waals surface area contributed by atoms with Gasteiger partial charge in [-0.05, 0) is 90.4 Å². The van der Waals surface area contributed by atoms with Crippen molar-refractivity contribution >= 4 is 82.5 Å². The number of Topliss-reactive ketones (excluding diaryl/α,β-unsaturated/α-hetero) is 3. The maximum atomic E-state index is 12.8. The number of rotatable bonds is 47. The van der Waals surface area contributed by atoms with Gasteiger partial charge in [-0.1, -0.05) is 6.92 Å². The highest BCUT2D eigenvalue weighted by atomic mass is 32.2. The number of carboxylic acid groups (broad SMARTS) is 4. The zero-order chi connectivity index (χ0) is 60.3. The lowest BCUT2D eigenvalue weighted by Crippen LogP contribution is -2.45. The summed E-state index contributed by atoms with van der Waals surface area (Å²) < 4.78 is 21.4. The molecule has 0 heterocycles. The second-order valence-electron chi connectivity index (χ2n) is 19.2. The molecule has 12 N–H and O–H groups in total. The summed E-state index contributed by atoms with van der Waals surface area (Å²) in [5.74, 6) is -8.43. The summed E-state index contributed by atoms with van der Waals surface area (Å²) in [6, 6.07) is -2.69. The molecule has 0 bridgehead atoms. The zero-order valence-electron chi connectivity index (χ0n) is 46.5. The number of carboxylic acids is 4. The van der Waals surface area contributed by atoms with E-state index in [9.17, 15) is 67.7 Å². The van der Waals surface area contributed by atoms with Crippen LogP contribution in [0.3, 0.4) is 0 Å². The molecule has 28 heteroatoms.